The van der Waals surface area contributed by atoms with Crippen LogP contribution in [0.3, 0.4) is 0 Å². The van der Waals surface area contributed by atoms with Crippen molar-refractivity contribution < 1.29 is 4.39 Å². The molecule has 1 saturated carbocycles. The van der Waals surface area contributed by atoms with E-state index in [1.165, 1.54) is 38.2 Å². The number of hydrogen-bond acceptors (Lipinski definition) is 2. The summed E-state index contributed by atoms with van der Waals surface area (Å²) in [5, 5.41) is 3.63. The molecule has 1 aliphatic heterocycles. The largest absolute Gasteiger partial charge is 0.313 e. The Balaban J connectivity index is 1.69. The number of piperidine rings is 1. The fourth-order valence-corrected chi connectivity index (χ4v) is 3.32. The van der Waals surface area contributed by atoms with Gasteiger partial charge in [0, 0.05) is 24.7 Å². The predicted molar refractivity (Wildman–Crippen MR) is 80.2 cm³/mol. The average Bonchev–Trinajstić information content (AvgIpc) is 3.30. The minimum Gasteiger partial charge on any atom is -0.313 e. The summed E-state index contributed by atoms with van der Waals surface area (Å²) in [5.41, 5.74) is 1.10. The van der Waals surface area contributed by atoms with Crippen molar-refractivity contribution >= 4 is 0 Å². The van der Waals surface area contributed by atoms with Gasteiger partial charge in [-0.05, 0) is 56.8 Å². The molecule has 1 aromatic carbocycles. The Morgan fingerprint density at radius 3 is 2.80 bits per heavy atom. The Morgan fingerprint density at radius 1 is 1.30 bits per heavy atom. The SMILES string of the molecule is CC(c1cccc(F)c1)N(CC1CCCCN1)C1CC1. The summed E-state index contributed by atoms with van der Waals surface area (Å²) >= 11 is 0. The minimum absolute atomic E-state index is 0.124. The van der Waals surface area contributed by atoms with E-state index < -0.39 is 0 Å². The van der Waals surface area contributed by atoms with Crippen molar-refractivity contribution in [3.05, 3.63) is 35.6 Å². The predicted octanol–water partition coefficient (Wildman–Crippen LogP) is 3.49. The van der Waals surface area contributed by atoms with E-state index in [-0.39, 0.29) is 5.82 Å². The van der Waals surface area contributed by atoms with Crippen LogP contribution in [0.25, 0.3) is 0 Å². The van der Waals surface area contributed by atoms with Crippen molar-refractivity contribution in [3.8, 4) is 0 Å². The number of benzene rings is 1. The van der Waals surface area contributed by atoms with Gasteiger partial charge in [0.1, 0.15) is 5.82 Å². The molecule has 20 heavy (non-hydrogen) atoms. The second-order valence-corrected chi connectivity index (χ2v) is 6.31. The third-order valence-electron chi connectivity index (χ3n) is 4.69. The van der Waals surface area contributed by atoms with Crippen LogP contribution in [0.15, 0.2) is 24.3 Å². The van der Waals surface area contributed by atoms with Gasteiger partial charge in [-0.2, -0.15) is 0 Å². The normalized spacial score (nSPS) is 24.9. The number of nitrogens with one attached hydrogen (secondary N) is 1. The molecule has 3 heteroatoms. The van der Waals surface area contributed by atoms with Crippen LogP contribution in [0.1, 0.15) is 50.6 Å². The highest BCUT2D eigenvalue weighted by Crippen LogP contribution is 2.35. The molecule has 2 unspecified atom stereocenters. The number of nitrogens with zero attached hydrogens (tertiary/aromatic N) is 1. The van der Waals surface area contributed by atoms with Gasteiger partial charge in [-0.15, -0.1) is 0 Å². The smallest absolute Gasteiger partial charge is 0.123 e. The maximum atomic E-state index is 13.4. The van der Waals surface area contributed by atoms with Crippen LogP contribution in [0.2, 0.25) is 0 Å². The lowest BCUT2D eigenvalue weighted by atomic mass is 10.0. The summed E-state index contributed by atoms with van der Waals surface area (Å²) in [4.78, 5) is 2.58. The summed E-state index contributed by atoms with van der Waals surface area (Å²) in [5.74, 6) is -0.124. The molecule has 110 valence electrons. The maximum absolute atomic E-state index is 13.4. The zero-order valence-corrected chi connectivity index (χ0v) is 12.3. The number of hydrogen-bond donors (Lipinski definition) is 1. The van der Waals surface area contributed by atoms with Crippen LogP contribution in [0.5, 0.6) is 0 Å². The van der Waals surface area contributed by atoms with E-state index in [1.807, 2.05) is 6.07 Å². The summed E-state index contributed by atoms with van der Waals surface area (Å²) in [6.07, 6.45) is 6.52. The highest BCUT2D eigenvalue weighted by Gasteiger charge is 2.34. The van der Waals surface area contributed by atoms with Gasteiger partial charge < -0.3 is 5.32 Å². The van der Waals surface area contributed by atoms with Gasteiger partial charge in [0.2, 0.25) is 0 Å². The van der Waals surface area contributed by atoms with Gasteiger partial charge >= 0.3 is 0 Å². The van der Waals surface area contributed by atoms with Crippen LogP contribution in [0.4, 0.5) is 4.39 Å². The molecule has 1 aliphatic carbocycles. The van der Waals surface area contributed by atoms with Crippen molar-refractivity contribution in [1.82, 2.24) is 10.2 Å². The molecular formula is C17H25FN2. The molecule has 2 aliphatic rings. The van der Waals surface area contributed by atoms with E-state index in [9.17, 15) is 4.39 Å². The highest BCUT2D eigenvalue weighted by molar-refractivity contribution is 5.20. The van der Waals surface area contributed by atoms with Crippen LogP contribution in [0, 0.1) is 5.82 Å². The van der Waals surface area contributed by atoms with E-state index in [0.29, 0.717) is 18.1 Å². The molecule has 1 saturated heterocycles. The van der Waals surface area contributed by atoms with Crippen LogP contribution in [-0.4, -0.2) is 30.1 Å². The van der Waals surface area contributed by atoms with Gasteiger partial charge in [-0.3, -0.25) is 4.90 Å². The molecule has 0 spiro atoms. The lowest BCUT2D eigenvalue weighted by molar-refractivity contribution is 0.166. The first kappa shape index (κ1) is 14.0. The summed E-state index contributed by atoms with van der Waals surface area (Å²) in [6, 6.07) is 8.72. The quantitative estimate of drug-likeness (QED) is 0.885. The van der Waals surface area contributed by atoms with E-state index in [1.54, 1.807) is 6.07 Å². The zero-order valence-electron chi connectivity index (χ0n) is 12.3. The monoisotopic (exact) mass is 276 g/mol. The lowest BCUT2D eigenvalue weighted by Gasteiger charge is -2.35. The maximum Gasteiger partial charge on any atom is 0.123 e. The molecule has 3 rings (SSSR count). The molecule has 1 aromatic rings. The molecule has 0 radical (unpaired) electrons. The van der Waals surface area contributed by atoms with Crippen molar-refractivity contribution in [2.75, 3.05) is 13.1 Å². The van der Waals surface area contributed by atoms with Gasteiger partial charge in [-0.1, -0.05) is 18.6 Å². The molecule has 1 N–H and O–H groups in total. The van der Waals surface area contributed by atoms with E-state index >= 15 is 0 Å². The van der Waals surface area contributed by atoms with E-state index in [2.05, 4.69) is 23.2 Å². The van der Waals surface area contributed by atoms with Crippen LogP contribution < -0.4 is 5.32 Å². The first-order chi connectivity index (χ1) is 9.74. The third-order valence-corrected chi connectivity index (χ3v) is 4.69. The fourth-order valence-electron chi connectivity index (χ4n) is 3.32. The molecular weight excluding hydrogens is 251 g/mol. The Hall–Kier alpha value is -0.930. The Labute approximate surface area is 121 Å². The average molecular weight is 276 g/mol. The molecule has 2 atom stereocenters. The first-order valence-electron chi connectivity index (χ1n) is 7.98. The van der Waals surface area contributed by atoms with Crippen molar-refractivity contribution in [1.29, 1.82) is 0 Å². The standard InChI is InChI=1S/C17H25FN2/c1-13(14-5-4-6-15(18)11-14)20(17-8-9-17)12-16-7-2-3-10-19-16/h4-6,11,13,16-17,19H,2-3,7-10,12H2,1H3. The Morgan fingerprint density at radius 2 is 2.15 bits per heavy atom. The summed E-state index contributed by atoms with van der Waals surface area (Å²) in [7, 11) is 0. The number of halogens is 1. The molecule has 2 fully saturated rings. The Kier molecular flexibility index (Phi) is 4.37. The van der Waals surface area contributed by atoms with Crippen molar-refractivity contribution in [2.24, 2.45) is 0 Å². The first-order valence-corrected chi connectivity index (χ1v) is 7.98. The van der Waals surface area contributed by atoms with E-state index in [4.69, 9.17) is 0 Å². The summed E-state index contributed by atoms with van der Waals surface area (Å²) < 4.78 is 13.4. The minimum atomic E-state index is -0.124. The Bertz CT molecular complexity index is 438. The molecule has 2 nitrogen and oxygen atoms in total. The van der Waals surface area contributed by atoms with Crippen molar-refractivity contribution in [2.45, 2.75) is 57.2 Å². The highest BCUT2D eigenvalue weighted by atomic mass is 19.1. The van der Waals surface area contributed by atoms with Gasteiger partial charge in [-0.25, -0.2) is 4.39 Å². The second-order valence-electron chi connectivity index (χ2n) is 6.31. The molecule has 0 aromatic heterocycles. The topological polar surface area (TPSA) is 15.3 Å². The zero-order chi connectivity index (χ0) is 13.9. The molecule has 0 amide bonds. The fraction of sp³-hybridized carbons (Fsp3) is 0.647. The lowest BCUT2D eigenvalue weighted by Crippen LogP contribution is -2.45. The van der Waals surface area contributed by atoms with E-state index in [0.717, 1.165) is 18.7 Å². The van der Waals surface area contributed by atoms with Gasteiger partial charge in [0.25, 0.3) is 0 Å². The summed E-state index contributed by atoms with van der Waals surface area (Å²) in [6.45, 7) is 4.47. The number of rotatable bonds is 5. The third kappa shape index (κ3) is 3.39. The second kappa shape index (κ2) is 6.23. The van der Waals surface area contributed by atoms with Gasteiger partial charge in [0.15, 0.2) is 0 Å². The van der Waals surface area contributed by atoms with Crippen LogP contribution in [-0.2, 0) is 0 Å². The van der Waals surface area contributed by atoms with Crippen molar-refractivity contribution in [3.63, 3.8) is 0 Å². The molecule has 1 heterocycles. The molecule has 0 bridgehead atoms. The van der Waals surface area contributed by atoms with Gasteiger partial charge in [0.05, 0.1) is 0 Å². The van der Waals surface area contributed by atoms with Crippen LogP contribution >= 0.6 is 0 Å².